The zero-order valence-electron chi connectivity index (χ0n) is 6.40. The normalized spacial score (nSPS) is 35.7. The summed E-state index contributed by atoms with van der Waals surface area (Å²) < 4.78 is 5.41. The summed E-state index contributed by atoms with van der Waals surface area (Å²) in [7, 11) is 0. The molecule has 0 aliphatic carbocycles. The molecular weight excluding hydrogens is 166 g/mol. The Morgan fingerprint density at radius 1 is 1.55 bits per heavy atom. The molecule has 2 atom stereocenters. The lowest BCUT2D eigenvalue weighted by atomic mass is 10.2. The highest BCUT2D eigenvalue weighted by atomic mass is 35.5. The molecule has 1 N–H and O–H groups in total. The Morgan fingerprint density at radius 3 is 2.82 bits per heavy atom. The van der Waals surface area contributed by atoms with Crippen molar-refractivity contribution in [1.82, 2.24) is 4.90 Å². The van der Waals surface area contributed by atoms with Gasteiger partial charge in [0.2, 0.25) is 0 Å². The van der Waals surface area contributed by atoms with E-state index in [0.29, 0.717) is 12.1 Å². The number of halogens is 1. The number of β-amino-alcohol motifs (C(OH)–C–C–N with tert-alkyl or cyclic N) is 1. The monoisotopic (exact) mass is 179 g/mol. The number of ether oxygens (including phenoxy) is 1. The number of rotatable bonds is 2. The highest BCUT2D eigenvalue weighted by Gasteiger charge is 2.38. The smallest absolute Gasteiger partial charge is 0.0718 e. The second-order valence-electron chi connectivity index (χ2n) is 3.06. The van der Waals surface area contributed by atoms with Gasteiger partial charge in [-0.25, -0.2) is 0 Å². The Hall–Kier alpha value is 0.170. The summed E-state index contributed by atoms with van der Waals surface area (Å²) in [4.78, 5) is 2.31. The van der Waals surface area contributed by atoms with E-state index in [1.807, 2.05) is 0 Å². The minimum Gasteiger partial charge on any atom is -0.395 e. The van der Waals surface area contributed by atoms with Gasteiger partial charge in [-0.3, -0.25) is 4.90 Å². The van der Waals surface area contributed by atoms with Crippen molar-refractivity contribution in [3.63, 3.8) is 0 Å². The number of aliphatic hydroxyl groups excluding tert-OH is 1. The van der Waals surface area contributed by atoms with Crippen LogP contribution in [0.3, 0.4) is 0 Å². The molecule has 2 bridgehead atoms. The van der Waals surface area contributed by atoms with Crippen molar-refractivity contribution < 1.29 is 9.84 Å². The van der Waals surface area contributed by atoms with Crippen molar-refractivity contribution in [3.05, 3.63) is 0 Å². The third-order valence-corrected chi connectivity index (χ3v) is 2.40. The van der Waals surface area contributed by atoms with Gasteiger partial charge in [0.05, 0.1) is 19.3 Å². The molecule has 0 saturated carbocycles. The fraction of sp³-hybridized carbons (Fsp3) is 1.00. The van der Waals surface area contributed by atoms with E-state index in [1.165, 1.54) is 6.42 Å². The minimum absolute atomic E-state index is 0. The fourth-order valence-electron chi connectivity index (χ4n) is 1.88. The number of morpholine rings is 1. The second kappa shape index (κ2) is 3.72. The maximum absolute atomic E-state index is 8.67. The van der Waals surface area contributed by atoms with E-state index in [0.717, 1.165) is 19.7 Å². The highest BCUT2D eigenvalue weighted by molar-refractivity contribution is 5.85. The lowest BCUT2D eigenvalue weighted by Crippen LogP contribution is -2.38. The second-order valence-corrected chi connectivity index (χ2v) is 3.06. The van der Waals surface area contributed by atoms with Crippen LogP contribution in [0.15, 0.2) is 0 Å². The molecule has 3 nitrogen and oxygen atoms in total. The summed E-state index contributed by atoms with van der Waals surface area (Å²) in [6.07, 6.45) is 1.65. The van der Waals surface area contributed by atoms with Gasteiger partial charge in [0, 0.05) is 19.1 Å². The SMILES string of the molecule is Cl.OCCN1C[C@@H]2C[C@H]1CO2. The van der Waals surface area contributed by atoms with Gasteiger partial charge in [-0.1, -0.05) is 0 Å². The van der Waals surface area contributed by atoms with Crippen LogP contribution in [-0.4, -0.2) is 48.5 Å². The minimum atomic E-state index is 0. The quantitative estimate of drug-likeness (QED) is 0.642. The number of hydrogen-bond acceptors (Lipinski definition) is 3. The Labute approximate surface area is 72.7 Å². The molecule has 0 amide bonds. The third-order valence-electron chi connectivity index (χ3n) is 2.40. The Morgan fingerprint density at radius 2 is 2.36 bits per heavy atom. The molecule has 2 heterocycles. The predicted molar refractivity (Wildman–Crippen MR) is 44.1 cm³/mol. The molecule has 0 spiro atoms. The molecule has 0 aromatic rings. The molecule has 0 aromatic heterocycles. The largest absolute Gasteiger partial charge is 0.395 e. The summed E-state index contributed by atoms with van der Waals surface area (Å²) in [5.41, 5.74) is 0. The van der Waals surface area contributed by atoms with Crippen LogP contribution < -0.4 is 0 Å². The van der Waals surface area contributed by atoms with Gasteiger partial charge in [0.25, 0.3) is 0 Å². The van der Waals surface area contributed by atoms with Crippen LogP contribution >= 0.6 is 12.4 Å². The third kappa shape index (κ3) is 1.67. The molecule has 2 aliphatic rings. The van der Waals surface area contributed by atoms with Crippen LogP contribution in [0.5, 0.6) is 0 Å². The van der Waals surface area contributed by atoms with E-state index in [2.05, 4.69) is 4.90 Å². The van der Waals surface area contributed by atoms with Crippen LogP contribution in [0.2, 0.25) is 0 Å². The Balaban J connectivity index is 0.000000605. The molecule has 11 heavy (non-hydrogen) atoms. The Kier molecular flexibility index (Phi) is 3.13. The highest BCUT2D eigenvalue weighted by Crippen LogP contribution is 2.26. The van der Waals surface area contributed by atoms with Crippen molar-refractivity contribution in [3.8, 4) is 0 Å². The fourth-order valence-corrected chi connectivity index (χ4v) is 1.88. The van der Waals surface area contributed by atoms with Crippen molar-refractivity contribution in [2.75, 3.05) is 26.3 Å². The Bertz CT molecular complexity index is 134. The average Bonchev–Trinajstić information content (AvgIpc) is 2.48. The first kappa shape index (κ1) is 9.26. The van der Waals surface area contributed by atoms with Crippen LogP contribution in [0, 0.1) is 0 Å². The maximum atomic E-state index is 8.67. The molecule has 2 aliphatic heterocycles. The molecule has 2 rings (SSSR count). The molecule has 4 heteroatoms. The number of nitrogens with zero attached hydrogens (tertiary/aromatic N) is 1. The lowest BCUT2D eigenvalue weighted by Gasteiger charge is -2.25. The van der Waals surface area contributed by atoms with E-state index in [4.69, 9.17) is 9.84 Å². The topological polar surface area (TPSA) is 32.7 Å². The molecule has 2 fully saturated rings. The summed E-state index contributed by atoms with van der Waals surface area (Å²) in [6.45, 7) is 3.02. The van der Waals surface area contributed by atoms with Gasteiger partial charge in [-0.15, -0.1) is 12.4 Å². The van der Waals surface area contributed by atoms with Crippen LogP contribution in [0.1, 0.15) is 6.42 Å². The summed E-state index contributed by atoms with van der Waals surface area (Å²) in [5, 5.41) is 8.67. The van der Waals surface area contributed by atoms with Gasteiger partial charge in [-0.05, 0) is 6.42 Å². The van der Waals surface area contributed by atoms with Crippen molar-refractivity contribution >= 4 is 12.4 Å². The first-order chi connectivity index (χ1) is 4.90. The van der Waals surface area contributed by atoms with Gasteiger partial charge in [0.1, 0.15) is 0 Å². The van der Waals surface area contributed by atoms with Crippen LogP contribution in [-0.2, 0) is 4.74 Å². The molecular formula is C7H14ClNO2. The zero-order chi connectivity index (χ0) is 6.97. The van der Waals surface area contributed by atoms with Crippen molar-refractivity contribution in [1.29, 1.82) is 0 Å². The molecule has 0 unspecified atom stereocenters. The first-order valence-electron chi connectivity index (χ1n) is 3.86. The standard InChI is InChI=1S/C7H13NO2.ClH/c9-2-1-8-4-7-3-6(8)5-10-7;/h6-7,9H,1-5H2;1H/t6-,7-;/m0./s1. The van der Waals surface area contributed by atoms with E-state index >= 15 is 0 Å². The first-order valence-corrected chi connectivity index (χ1v) is 3.86. The van der Waals surface area contributed by atoms with Crippen LogP contribution in [0.25, 0.3) is 0 Å². The van der Waals surface area contributed by atoms with E-state index < -0.39 is 0 Å². The van der Waals surface area contributed by atoms with Crippen LogP contribution in [0.4, 0.5) is 0 Å². The molecule has 2 saturated heterocycles. The van der Waals surface area contributed by atoms with Gasteiger partial charge < -0.3 is 9.84 Å². The lowest BCUT2D eigenvalue weighted by molar-refractivity contribution is 0.0244. The van der Waals surface area contributed by atoms with E-state index in [9.17, 15) is 0 Å². The van der Waals surface area contributed by atoms with E-state index in [-0.39, 0.29) is 19.0 Å². The molecule has 66 valence electrons. The summed E-state index contributed by atoms with van der Waals surface area (Å²) in [5.74, 6) is 0. The number of likely N-dealkylation sites (tertiary alicyclic amines) is 1. The average molecular weight is 180 g/mol. The molecule has 0 aromatic carbocycles. The van der Waals surface area contributed by atoms with Gasteiger partial charge >= 0.3 is 0 Å². The summed E-state index contributed by atoms with van der Waals surface area (Å²) >= 11 is 0. The maximum Gasteiger partial charge on any atom is 0.0718 e. The number of fused-ring (bicyclic) bond motifs is 2. The zero-order valence-corrected chi connectivity index (χ0v) is 7.22. The summed E-state index contributed by atoms with van der Waals surface area (Å²) in [6, 6.07) is 0.608. The predicted octanol–water partition coefficient (Wildman–Crippen LogP) is -0.126. The number of hydrogen-bond donors (Lipinski definition) is 1. The van der Waals surface area contributed by atoms with Crippen molar-refractivity contribution in [2.24, 2.45) is 0 Å². The van der Waals surface area contributed by atoms with Gasteiger partial charge in [-0.2, -0.15) is 0 Å². The van der Waals surface area contributed by atoms with E-state index in [1.54, 1.807) is 0 Å². The number of aliphatic hydroxyl groups is 1. The van der Waals surface area contributed by atoms with Gasteiger partial charge in [0.15, 0.2) is 0 Å². The van der Waals surface area contributed by atoms with Crippen molar-refractivity contribution in [2.45, 2.75) is 18.6 Å². The molecule has 0 radical (unpaired) electrons.